The van der Waals surface area contributed by atoms with E-state index in [1.165, 1.54) is 6.07 Å². The molecule has 1 aromatic rings. The number of benzene rings is 1. The van der Waals surface area contributed by atoms with E-state index >= 15 is 0 Å². The summed E-state index contributed by atoms with van der Waals surface area (Å²) in [6.07, 6.45) is 0. The summed E-state index contributed by atoms with van der Waals surface area (Å²) in [6.45, 7) is 2.84. The smallest absolute Gasteiger partial charge is 0.182 e. The predicted octanol–water partition coefficient (Wildman–Crippen LogP) is 1.01. The average Bonchev–Trinajstić information content (AvgIpc) is 2.28. The number of hydrogen-bond donors (Lipinski definition) is 1. The SMILES string of the molecule is COCCOCCS(=O)(=O)c1ccc(C)cc1N. The maximum Gasteiger partial charge on any atom is 0.182 e. The van der Waals surface area contributed by atoms with E-state index in [2.05, 4.69) is 0 Å². The third kappa shape index (κ3) is 4.29. The molecule has 0 amide bonds. The van der Waals surface area contributed by atoms with Crippen molar-refractivity contribution in [2.24, 2.45) is 0 Å². The quantitative estimate of drug-likeness (QED) is 0.592. The third-order valence-electron chi connectivity index (χ3n) is 2.43. The van der Waals surface area contributed by atoms with Gasteiger partial charge in [0.1, 0.15) is 0 Å². The molecule has 0 radical (unpaired) electrons. The normalized spacial score (nSPS) is 11.7. The van der Waals surface area contributed by atoms with Crippen LogP contribution in [0.15, 0.2) is 23.1 Å². The van der Waals surface area contributed by atoms with Gasteiger partial charge in [-0.2, -0.15) is 0 Å². The monoisotopic (exact) mass is 273 g/mol. The third-order valence-corrected chi connectivity index (χ3v) is 4.17. The second-order valence-corrected chi connectivity index (χ2v) is 6.04. The summed E-state index contributed by atoms with van der Waals surface area (Å²) in [5, 5.41) is 0. The molecular weight excluding hydrogens is 254 g/mol. The Hall–Kier alpha value is -1.11. The number of methoxy groups -OCH3 is 1. The molecule has 0 atom stereocenters. The van der Waals surface area contributed by atoms with E-state index in [1.54, 1.807) is 19.2 Å². The van der Waals surface area contributed by atoms with Crippen molar-refractivity contribution in [2.75, 3.05) is 38.4 Å². The lowest BCUT2D eigenvalue weighted by Gasteiger charge is -2.08. The average molecular weight is 273 g/mol. The highest BCUT2D eigenvalue weighted by Crippen LogP contribution is 2.20. The lowest BCUT2D eigenvalue weighted by atomic mass is 10.2. The minimum Gasteiger partial charge on any atom is -0.398 e. The van der Waals surface area contributed by atoms with Crippen LogP contribution in [-0.2, 0) is 19.3 Å². The van der Waals surface area contributed by atoms with Gasteiger partial charge in [0, 0.05) is 7.11 Å². The van der Waals surface area contributed by atoms with Crippen molar-refractivity contribution in [3.05, 3.63) is 23.8 Å². The predicted molar refractivity (Wildman–Crippen MR) is 70.3 cm³/mol. The van der Waals surface area contributed by atoms with Gasteiger partial charge in [0.2, 0.25) is 0 Å². The Morgan fingerprint density at radius 1 is 1.22 bits per heavy atom. The Morgan fingerprint density at radius 3 is 2.56 bits per heavy atom. The Kier molecular flexibility index (Phi) is 5.58. The van der Waals surface area contributed by atoms with Crippen LogP contribution >= 0.6 is 0 Å². The maximum absolute atomic E-state index is 12.0. The molecule has 0 heterocycles. The van der Waals surface area contributed by atoms with E-state index in [9.17, 15) is 8.42 Å². The van der Waals surface area contributed by atoms with Crippen LogP contribution in [0.1, 0.15) is 5.56 Å². The zero-order valence-corrected chi connectivity index (χ0v) is 11.5. The molecule has 1 rings (SSSR count). The summed E-state index contributed by atoms with van der Waals surface area (Å²) in [7, 11) is -1.82. The Balaban J connectivity index is 2.63. The zero-order valence-electron chi connectivity index (χ0n) is 10.7. The standard InChI is InChI=1S/C12H19NO4S/c1-10-3-4-12(11(13)9-10)18(14,15)8-7-17-6-5-16-2/h3-4,9H,5-8,13H2,1-2H3. The first-order chi connectivity index (χ1) is 8.47. The van der Waals surface area contributed by atoms with Crippen LogP contribution in [0.5, 0.6) is 0 Å². The Labute approximate surface area is 108 Å². The van der Waals surface area contributed by atoms with Crippen LogP contribution in [0.3, 0.4) is 0 Å². The van der Waals surface area contributed by atoms with E-state index in [4.69, 9.17) is 15.2 Å². The van der Waals surface area contributed by atoms with Gasteiger partial charge < -0.3 is 15.2 Å². The molecule has 0 unspecified atom stereocenters. The van der Waals surface area contributed by atoms with Crippen LogP contribution in [0.2, 0.25) is 0 Å². The van der Waals surface area contributed by atoms with Gasteiger partial charge >= 0.3 is 0 Å². The van der Waals surface area contributed by atoms with Crippen LogP contribution in [0, 0.1) is 6.92 Å². The Bertz CT molecular complexity index is 485. The van der Waals surface area contributed by atoms with Crippen LogP contribution in [0.4, 0.5) is 5.69 Å². The van der Waals surface area contributed by atoms with Gasteiger partial charge in [0.05, 0.1) is 36.2 Å². The lowest BCUT2D eigenvalue weighted by Crippen LogP contribution is -2.15. The fourth-order valence-corrected chi connectivity index (χ4v) is 2.72. The minimum atomic E-state index is -3.39. The molecule has 0 aliphatic heterocycles. The van der Waals surface area contributed by atoms with Crippen molar-refractivity contribution in [1.29, 1.82) is 0 Å². The summed E-state index contributed by atoms with van der Waals surface area (Å²) in [5.41, 5.74) is 6.94. The molecule has 0 saturated carbocycles. The topological polar surface area (TPSA) is 78.6 Å². The summed E-state index contributed by atoms with van der Waals surface area (Å²) < 4.78 is 34.0. The fraction of sp³-hybridized carbons (Fsp3) is 0.500. The molecule has 2 N–H and O–H groups in total. The number of aryl methyl sites for hydroxylation is 1. The summed E-state index contributed by atoms with van der Waals surface area (Å²) in [6, 6.07) is 4.92. The van der Waals surface area contributed by atoms with E-state index in [0.29, 0.717) is 13.2 Å². The number of nitrogens with two attached hydrogens (primary N) is 1. The van der Waals surface area contributed by atoms with Gasteiger partial charge in [-0.3, -0.25) is 0 Å². The Morgan fingerprint density at radius 2 is 1.94 bits per heavy atom. The van der Waals surface area contributed by atoms with E-state index < -0.39 is 9.84 Å². The second-order valence-electron chi connectivity index (χ2n) is 3.97. The van der Waals surface area contributed by atoms with Crippen LogP contribution in [-0.4, -0.2) is 41.1 Å². The van der Waals surface area contributed by atoms with Gasteiger partial charge in [-0.25, -0.2) is 8.42 Å². The van der Waals surface area contributed by atoms with Gasteiger partial charge in [0.25, 0.3) is 0 Å². The van der Waals surface area contributed by atoms with E-state index in [-0.39, 0.29) is 22.9 Å². The molecule has 0 saturated heterocycles. The van der Waals surface area contributed by atoms with Crippen molar-refractivity contribution < 1.29 is 17.9 Å². The summed E-state index contributed by atoms with van der Waals surface area (Å²) in [5.74, 6) is -0.0794. The molecule has 0 aliphatic carbocycles. The second kappa shape index (κ2) is 6.72. The van der Waals surface area contributed by atoms with Crippen molar-refractivity contribution in [3.63, 3.8) is 0 Å². The molecule has 6 heteroatoms. The first-order valence-electron chi connectivity index (χ1n) is 5.63. The van der Waals surface area contributed by atoms with Crippen molar-refractivity contribution in [1.82, 2.24) is 0 Å². The van der Waals surface area contributed by atoms with Gasteiger partial charge in [0.15, 0.2) is 9.84 Å². The first kappa shape index (κ1) is 14.9. The number of sulfone groups is 1. The van der Waals surface area contributed by atoms with Crippen molar-refractivity contribution in [2.45, 2.75) is 11.8 Å². The maximum atomic E-state index is 12.0. The fourth-order valence-electron chi connectivity index (χ4n) is 1.47. The van der Waals surface area contributed by atoms with Gasteiger partial charge in [-0.15, -0.1) is 0 Å². The van der Waals surface area contributed by atoms with Crippen molar-refractivity contribution in [3.8, 4) is 0 Å². The molecule has 18 heavy (non-hydrogen) atoms. The molecular formula is C12H19NO4S. The molecule has 0 fully saturated rings. The van der Waals surface area contributed by atoms with Gasteiger partial charge in [-0.1, -0.05) is 6.07 Å². The van der Waals surface area contributed by atoms with Crippen LogP contribution < -0.4 is 5.73 Å². The summed E-state index contributed by atoms with van der Waals surface area (Å²) >= 11 is 0. The lowest BCUT2D eigenvalue weighted by molar-refractivity contribution is 0.0785. The number of anilines is 1. The number of hydrogen-bond acceptors (Lipinski definition) is 5. The van der Waals surface area contributed by atoms with E-state index in [1.807, 2.05) is 6.92 Å². The van der Waals surface area contributed by atoms with Gasteiger partial charge in [-0.05, 0) is 24.6 Å². The molecule has 0 aliphatic rings. The van der Waals surface area contributed by atoms with Crippen molar-refractivity contribution >= 4 is 15.5 Å². The van der Waals surface area contributed by atoms with Crippen LogP contribution in [0.25, 0.3) is 0 Å². The number of ether oxygens (including phenoxy) is 2. The number of nitrogen functional groups attached to an aromatic ring is 1. The molecule has 0 spiro atoms. The molecule has 5 nitrogen and oxygen atoms in total. The largest absolute Gasteiger partial charge is 0.398 e. The molecule has 0 aromatic heterocycles. The molecule has 102 valence electrons. The molecule has 0 bridgehead atoms. The molecule has 1 aromatic carbocycles. The first-order valence-corrected chi connectivity index (χ1v) is 7.28. The summed E-state index contributed by atoms with van der Waals surface area (Å²) in [4.78, 5) is 0.170. The highest BCUT2D eigenvalue weighted by atomic mass is 32.2. The highest BCUT2D eigenvalue weighted by molar-refractivity contribution is 7.91. The minimum absolute atomic E-state index is 0.0794. The highest BCUT2D eigenvalue weighted by Gasteiger charge is 2.17. The number of rotatable bonds is 7. The van der Waals surface area contributed by atoms with E-state index in [0.717, 1.165) is 5.56 Å². The zero-order chi connectivity index (χ0) is 13.6.